The highest BCUT2D eigenvalue weighted by atomic mass is 16.3. The Morgan fingerprint density at radius 3 is 2.74 bits per heavy atom. The highest BCUT2D eigenvalue weighted by Crippen LogP contribution is 2.23. The van der Waals surface area contributed by atoms with Crippen LogP contribution in [0.2, 0.25) is 0 Å². The maximum atomic E-state index is 12.3. The number of nitrogens with zero attached hydrogens (tertiary/aromatic N) is 1. The summed E-state index contributed by atoms with van der Waals surface area (Å²) >= 11 is 0. The molecule has 6 heteroatoms. The van der Waals surface area contributed by atoms with E-state index in [2.05, 4.69) is 5.32 Å². The lowest BCUT2D eigenvalue weighted by atomic mass is 9.88. The first-order valence-corrected chi connectivity index (χ1v) is 8.09. The molecule has 0 saturated carbocycles. The first-order chi connectivity index (χ1) is 11.0. The Hall–Kier alpha value is -1.47. The zero-order valence-corrected chi connectivity index (χ0v) is 13.3. The van der Waals surface area contributed by atoms with E-state index >= 15 is 0 Å². The normalized spacial score (nSPS) is 24.7. The van der Waals surface area contributed by atoms with Gasteiger partial charge in [0.2, 0.25) is 5.91 Å². The molecule has 0 unspecified atom stereocenters. The number of benzene rings is 1. The molecular formula is C17H26N2O4. The molecule has 6 nitrogen and oxygen atoms in total. The monoisotopic (exact) mass is 322 g/mol. The first kappa shape index (κ1) is 17.9. The van der Waals surface area contributed by atoms with Gasteiger partial charge in [0.25, 0.3) is 0 Å². The van der Waals surface area contributed by atoms with E-state index in [1.54, 1.807) is 4.90 Å². The number of piperidine rings is 1. The molecule has 1 aliphatic rings. The lowest BCUT2D eigenvalue weighted by molar-refractivity contribution is -0.148. The number of aliphatic hydroxyl groups is 3. The van der Waals surface area contributed by atoms with Gasteiger partial charge < -0.3 is 25.5 Å². The smallest absolute Gasteiger partial charge is 0.222 e. The van der Waals surface area contributed by atoms with Gasteiger partial charge in [-0.25, -0.2) is 0 Å². The molecule has 0 bridgehead atoms. The van der Waals surface area contributed by atoms with Crippen molar-refractivity contribution in [3.05, 3.63) is 35.9 Å². The Bertz CT molecular complexity index is 497. The fourth-order valence-electron chi connectivity index (χ4n) is 2.84. The van der Waals surface area contributed by atoms with Crippen LogP contribution in [0.5, 0.6) is 0 Å². The number of carbonyl (C=O) groups excluding carboxylic acids is 1. The number of aliphatic hydroxyl groups excluding tert-OH is 2. The highest BCUT2D eigenvalue weighted by Gasteiger charge is 2.41. The topological polar surface area (TPSA) is 93.0 Å². The number of likely N-dealkylation sites (tertiary alicyclic amines) is 1. The minimum absolute atomic E-state index is 0.00160. The maximum Gasteiger partial charge on any atom is 0.222 e. The van der Waals surface area contributed by atoms with Gasteiger partial charge in [-0.2, -0.15) is 0 Å². The van der Waals surface area contributed by atoms with Gasteiger partial charge in [0.05, 0.1) is 6.61 Å². The Labute approximate surface area is 136 Å². The summed E-state index contributed by atoms with van der Waals surface area (Å²) < 4.78 is 0. The Morgan fingerprint density at radius 2 is 2.09 bits per heavy atom. The molecule has 1 saturated heterocycles. The number of β-amino-alcohol motifs (C(OH)–C–C–N with tert-alkyl or cyclic N) is 1. The second-order valence-electron chi connectivity index (χ2n) is 6.10. The van der Waals surface area contributed by atoms with Crippen molar-refractivity contribution in [3.63, 3.8) is 0 Å². The van der Waals surface area contributed by atoms with Crippen LogP contribution in [-0.4, -0.2) is 70.6 Å². The van der Waals surface area contributed by atoms with Gasteiger partial charge in [0.1, 0.15) is 11.7 Å². The summed E-state index contributed by atoms with van der Waals surface area (Å²) in [5.41, 5.74) is -0.131. The third-order valence-electron chi connectivity index (χ3n) is 4.37. The predicted molar refractivity (Wildman–Crippen MR) is 86.9 cm³/mol. The van der Waals surface area contributed by atoms with Gasteiger partial charge >= 0.3 is 0 Å². The third kappa shape index (κ3) is 5.00. The van der Waals surface area contributed by atoms with Crippen LogP contribution in [0.4, 0.5) is 0 Å². The minimum Gasteiger partial charge on any atom is -0.395 e. The van der Waals surface area contributed by atoms with E-state index < -0.39 is 11.7 Å². The van der Waals surface area contributed by atoms with Crippen molar-refractivity contribution >= 4 is 5.91 Å². The van der Waals surface area contributed by atoms with Crippen molar-refractivity contribution in [2.24, 2.45) is 0 Å². The van der Waals surface area contributed by atoms with E-state index in [0.29, 0.717) is 32.4 Å². The van der Waals surface area contributed by atoms with Crippen molar-refractivity contribution in [1.29, 1.82) is 0 Å². The van der Waals surface area contributed by atoms with Crippen LogP contribution in [0.3, 0.4) is 0 Å². The molecule has 1 amide bonds. The zero-order valence-electron chi connectivity index (χ0n) is 13.3. The van der Waals surface area contributed by atoms with Crippen molar-refractivity contribution in [2.45, 2.75) is 31.0 Å². The molecule has 0 aliphatic carbocycles. The van der Waals surface area contributed by atoms with Crippen molar-refractivity contribution in [2.75, 3.05) is 32.8 Å². The molecule has 1 fully saturated rings. The molecular weight excluding hydrogens is 296 g/mol. The van der Waals surface area contributed by atoms with E-state index in [4.69, 9.17) is 5.11 Å². The van der Waals surface area contributed by atoms with Crippen LogP contribution in [0.1, 0.15) is 18.4 Å². The van der Waals surface area contributed by atoms with Crippen LogP contribution in [0, 0.1) is 0 Å². The molecule has 0 aromatic heterocycles. The second-order valence-corrected chi connectivity index (χ2v) is 6.10. The molecule has 0 radical (unpaired) electrons. The SMILES string of the molecule is O=C(CCc1ccccc1)N1CC[C@](O)(CNCCO)[C@@H](O)C1. The predicted octanol–water partition coefficient (Wildman–Crippen LogP) is -0.475. The van der Waals surface area contributed by atoms with Gasteiger partial charge in [-0.15, -0.1) is 0 Å². The fraction of sp³-hybridized carbons (Fsp3) is 0.588. The molecule has 23 heavy (non-hydrogen) atoms. The van der Waals surface area contributed by atoms with Crippen LogP contribution < -0.4 is 5.32 Å². The second kappa shape index (κ2) is 8.40. The number of rotatable bonds is 7. The van der Waals surface area contributed by atoms with Crippen molar-refractivity contribution in [3.8, 4) is 0 Å². The van der Waals surface area contributed by atoms with Gasteiger partial charge in [0.15, 0.2) is 0 Å². The van der Waals surface area contributed by atoms with Gasteiger partial charge in [0, 0.05) is 32.6 Å². The summed E-state index contributed by atoms with van der Waals surface area (Å²) in [7, 11) is 0. The molecule has 2 atom stereocenters. The van der Waals surface area contributed by atoms with E-state index in [0.717, 1.165) is 5.56 Å². The Kier molecular flexibility index (Phi) is 6.53. The third-order valence-corrected chi connectivity index (χ3v) is 4.37. The summed E-state index contributed by atoms with van der Waals surface area (Å²) in [6.07, 6.45) is 0.416. The molecule has 1 aliphatic heterocycles. The Morgan fingerprint density at radius 1 is 1.35 bits per heavy atom. The number of aryl methyl sites for hydroxylation is 1. The van der Waals surface area contributed by atoms with Gasteiger partial charge in [-0.3, -0.25) is 4.79 Å². The summed E-state index contributed by atoms with van der Waals surface area (Å²) in [4.78, 5) is 13.9. The molecule has 2 rings (SSSR count). The summed E-state index contributed by atoms with van der Waals surface area (Å²) in [6.45, 7) is 1.14. The number of hydrogen-bond acceptors (Lipinski definition) is 5. The zero-order chi connectivity index (χ0) is 16.7. The standard InChI is InChI=1S/C17H26N2O4/c20-11-9-18-13-17(23)8-10-19(12-15(17)21)16(22)7-6-14-4-2-1-3-5-14/h1-5,15,18,20-21,23H,6-13H2/t15-,17-/m0/s1. The molecule has 1 heterocycles. The van der Waals surface area contributed by atoms with Crippen molar-refractivity contribution < 1.29 is 20.1 Å². The van der Waals surface area contributed by atoms with Gasteiger partial charge in [-0.05, 0) is 18.4 Å². The van der Waals surface area contributed by atoms with Gasteiger partial charge in [-0.1, -0.05) is 30.3 Å². The molecule has 128 valence electrons. The van der Waals surface area contributed by atoms with Crippen LogP contribution in [0.25, 0.3) is 0 Å². The van der Waals surface area contributed by atoms with Crippen molar-refractivity contribution in [1.82, 2.24) is 10.2 Å². The molecule has 1 aromatic rings. The van der Waals surface area contributed by atoms with Crippen LogP contribution in [-0.2, 0) is 11.2 Å². The first-order valence-electron chi connectivity index (χ1n) is 8.09. The largest absolute Gasteiger partial charge is 0.395 e. The maximum absolute atomic E-state index is 12.3. The highest BCUT2D eigenvalue weighted by molar-refractivity contribution is 5.76. The Balaban J connectivity index is 1.80. The minimum atomic E-state index is -1.24. The van der Waals surface area contributed by atoms with Crippen LogP contribution in [0.15, 0.2) is 30.3 Å². The quantitative estimate of drug-likeness (QED) is 0.509. The molecule has 4 N–H and O–H groups in total. The molecule has 0 spiro atoms. The summed E-state index contributed by atoms with van der Waals surface area (Å²) in [5, 5.41) is 32.3. The number of hydrogen-bond donors (Lipinski definition) is 4. The van der Waals surface area contributed by atoms with E-state index in [1.165, 1.54) is 0 Å². The van der Waals surface area contributed by atoms with Crippen LogP contribution >= 0.6 is 0 Å². The fourth-order valence-corrected chi connectivity index (χ4v) is 2.84. The summed E-state index contributed by atoms with van der Waals surface area (Å²) in [6, 6.07) is 9.82. The van der Waals surface area contributed by atoms with E-state index in [9.17, 15) is 15.0 Å². The van der Waals surface area contributed by atoms with E-state index in [1.807, 2.05) is 30.3 Å². The average molecular weight is 322 g/mol. The lowest BCUT2D eigenvalue weighted by Crippen LogP contribution is -2.60. The molecule has 1 aromatic carbocycles. The summed E-state index contributed by atoms with van der Waals surface area (Å²) in [5.74, 6) is -0.00160. The average Bonchev–Trinajstić information content (AvgIpc) is 2.56. The number of nitrogens with one attached hydrogen (secondary N) is 1. The van der Waals surface area contributed by atoms with E-state index in [-0.39, 0.29) is 25.6 Å². The number of amides is 1. The number of carbonyl (C=O) groups is 1. The lowest BCUT2D eigenvalue weighted by Gasteiger charge is -2.42.